The third kappa shape index (κ3) is 7.22. The van der Waals surface area contributed by atoms with Crippen LogP contribution in [0.4, 0.5) is 5.13 Å². The first-order valence-corrected chi connectivity index (χ1v) is 11.7. The summed E-state index contributed by atoms with van der Waals surface area (Å²) in [6, 6.07) is 22.5. The molecule has 1 heterocycles. The van der Waals surface area contributed by atoms with Gasteiger partial charge in [-0.05, 0) is 53.6 Å². The van der Waals surface area contributed by atoms with E-state index in [2.05, 4.69) is 10.3 Å². The molecule has 1 aromatic heterocycles. The Morgan fingerprint density at radius 3 is 2.24 bits per heavy atom. The van der Waals surface area contributed by atoms with Crippen LogP contribution < -0.4 is 14.8 Å². The summed E-state index contributed by atoms with van der Waals surface area (Å²) in [6.45, 7) is 0.368. The SMILES string of the molecule is O=C(COc1ccc(OCc2ccccc2)cc1)Nc1ncc(Cc2cc(Cl)cc(Cl)c2)s1. The zero-order valence-corrected chi connectivity index (χ0v) is 19.8. The summed E-state index contributed by atoms with van der Waals surface area (Å²) < 4.78 is 11.3. The Kier molecular flexibility index (Phi) is 7.83. The van der Waals surface area contributed by atoms with Crippen LogP contribution in [0.1, 0.15) is 16.0 Å². The van der Waals surface area contributed by atoms with Crippen molar-refractivity contribution in [3.05, 3.63) is 105 Å². The number of nitrogens with zero attached hydrogens (tertiary/aromatic N) is 1. The molecule has 0 radical (unpaired) electrons. The van der Waals surface area contributed by atoms with Gasteiger partial charge in [0.05, 0.1) is 0 Å². The van der Waals surface area contributed by atoms with Crippen LogP contribution in [-0.4, -0.2) is 17.5 Å². The van der Waals surface area contributed by atoms with Crippen LogP contribution in [0.5, 0.6) is 11.5 Å². The van der Waals surface area contributed by atoms with Gasteiger partial charge < -0.3 is 9.47 Å². The second kappa shape index (κ2) is 11.2. The van der Waals surface area contributed by atoms with Crippen molar-refractivity contribution in [1.29, 1.82) is 0 Å². The molecule has 8 heteroatoms. The maximum atomic E-state index is 12.2. The lowest BCUT2D eigenvalue weighted by atomic mass is 10.1. The quantitative estimate of drug-likeness (QED) is 0.281. The van der Waals surface area contributed by atoms with Gasteiger partial charge >= 0.3 is 0 Å². The van der Waals surface area contributed by atoms with E-state index in [0.717, 1.165) is 21.8 Å². The van der Waals surface area contributed by atoms with E-state index in [-0.39, 0.29) is 12.5 Å². The fraction of sp³-hybridized carbons (Fsp3) is 0.120. The topological polar surface area (TPSA) is 60.5 Å². The van der Waals surface area contributed by atoms with E-state index in [4.69, 9.17) is 32.7 Å². The molecule has 33 heavy (non-hydrogen) atoms. The van der Waals surface area contributed by atoms with Crippen molar-refractivity contribution in [3.63, 3.8) is 0 Å². The molecular formula is C25H20Cl2N2O3S. The molecule has 0 bridgehead atoms. The monoisotopic (exact) mass is 498 g/mol. The summed E-state index contributed by atoms with van der Waals surface area (Å²) in [5.41, 5.74) is 2.07. The van der Waals surface area contributed by atoms with Gasteiger partial charge in [0.15, 0.2) is 11.7 Å². The molecule has 0 spiro atoms. The average Bonchev–Trinajstić information content (AvgIpc) is 3.23. The lowest BCUT2D eigenvalue weighted by Gasteiger charge is -2.08. The van der Waals surface area contributed by atoms with E-state index in [1.54, 1.807) is 24.4 Å². The highest BCUT2D eigenvalue weighted by Gasteiger charge is 2.09. The van der Waals surface area contributed by atoms with Crippen molar-refractivity contribution in [2.75, 3.05) is 11.9 Å². The number of hydrogen-bond acceptors (Lipinski definition) is 5. The molecule has 4 rings (SSSR count). The van der Waals surface area contributed by atoms with Gasteiger partial charge in [-0.25, -0.2) is 4.98 Å². The van der Waals surface area contributed by atoms with Crippen LogP contribution in [0.25, 0.3) is 0 Å². The summed E-state index contributed by atoms with van der Waals surface area (Å²) in [4.78, 5) is 17.5. The number of halogens is 2. The Morgan fingerprint density at radius 1 is 0.879 bits per heavy atom. The number of carbonyl (C=O) groups is 1. The Morgan fingerprint density at radius 2 is 1.55 bits per heavy atom. The Hall–Kier alpha value is -3.06. The molecule has 4 aromatic rings. The van der Waals surface area contributed by atoms with Gasteiger partial charge in [0.1, 0.15) is 18.1 Å². The number of rotatable bonds is 9. The van der Waals surface area contributed by atoms with Crippen LogP contribution in [0.15, 0.2) is 79.0 Å². The summed E-state index contributed by atoms with van der Waals surface area (Å²) in [7, 11) is 0. The van der Waals surface area contributed by atoms with Crippen molar-refractivity contribution in [1.82, 2.24) is 4.98 Å². The fourth-order valence-corrected chi connectivity index (χ4v) is 4.47. The van der Waals surface area contributed by atoms with Crippen molar-refractivity contribution in [2.24, 2.45) is 0 Å². The number of thiazole rings is 1. The lowest BCUT2D eigenvalue weighted by molar-refractivity contribution is -0.118. The normalized spacial score (nSPS) is 10.6. The molecule has 3 aromatic carbocycles. The first-order chi connectivity index (χ1) is 16.0. The van der Waals surface area contributed by atoms with Gasteiger partial charge in [-0.1, -0.05) is 53.5 Å². The van der Waals surface area contributed by atoms with Crippen LogP contribution in [-0.2, 0) is 17.8 Å². The molecule has 0 saturated heterocycles. The molecule has 5 nitrogen and oxygen atoms in total. The minimum absolute atomic E-state index is 0.122. The molecule has 168 valence electrons. The standard InChI is InChI=1S/C25H20Cl2N2O3S/c26-19-10-18(11-20(27)13-19)12-23-14-28-25(33-23)29-24(30)16-32-22-8-6-21(7-9-22)31-15-17-4-2-1-3-5-17/h1-11,13-14H,12,15-16H2,(H,28,29,30). The number of benzene rings is 3. The Bertz CT molecular complexity index is 1190. The number of amides is 1. The maximum absolute atomic E-state index is 12.2. The number of carbonyl (C=O) groups excluding carboxylic acids is 1. The lowest BCUT2D eigenvalue weighted by Crippen LogP contribution is -2.19. The molecule has 0 fully saturated rings. The first-order valence-electron chi connectivity index (χ1n) is 10.1. The molecule has 0 aliphatic rings. The zero-order chi connectivity index (χ0) is 23.0. The van der Waals surface area contributed by atoms with Crippen molar-refractivity contribution < 1.29 is 14.3 Å². The zero-order valence-electron chi connectivity index (χ0n) is 17.5. The van der Waals surface area contributed by atoms with Crippen LogP contribution in [0, 0.1) is 0 Å². The second-order valence-corrected chi connectivity index (χ2v) is 9.16. The van der Waals surface area contributed by atoms with Crippen LogP contribution in [0.2, 0.25) is 10.0 Å². The van der Waals surface area contributed by atoms with E-state index in [9.17, 15) is 4.79 Å². The van der Waals surface area contributed by atoms with E-state index in [0.29, 0.717) is 34.0 Å². The number of ether oxygens (including phenoxy) is 2. The minimum atomic E-state index is -0.286. The highest BCUT2D eigenvalue weighted by Crippen LogP contribution is 2.25. The third-order valence-corrected chi connectivity index (χ3v) is 5.89. The smallest absolute Gasteiger partial charge is 0.264 e. The molecule has 0 atom stereocenters. The predicted octanol–water partition coefficient (Wildman–Crippen LogP) is 6.64. The maximum Gasteiger partial charge on any atom is 0.264 e. The van der Waals surface area contributed by atoms with Gasteiger partial charge in [-0.15, -0.1) is 11.3 Å². The molecule has 1 amide bonds. The number of hydrogen-bond donors (Lipinski definition) is 1. The summed E-state index contributed by atoms with van der Waals surface area (Å²) in [5, 5.41) is 4.44. The van der Waals surface area contributed by atoms with E-state index >= 15 is 0 Å². The molecular weight excluding hydrogens is 479 g/mol. The molecule has 1 N–H and O–H groups in total. The van der Waals surface area contributed by atoms with Gasteiger partial charge in [0.25, 0.3) is 5.91 Å². The van der Waals surface area contributed by atoms with Crippen LogP contribution >= 0.6 is 34.5 Å². The van der Waals surface area contributed by atoms with E-state index in [1.807, 2.05) is 54.6 Å². The third-order valence-electron chi connectivity index (χ3n) is 4.54. The van der Waals surface area contributed by atoms with Crippen LogP contribution in [0.3, 0.4) is 0 Å². The molecule has 0 unspecified atom stereocenters. The van der Waals surface area contributed by atoms with E-state index < -0.39 is 0 Å². The number of aromatic nitrogens is 1. The summed E-state index contributed by atoms with van der Waals surface area (Å²) in [5.74, 6) is 1.02. The first kappa shape index (κ1) is 23.1. The average molecular weight is 499 g/mol. The minimum Gasteiger partial charge on any atom is -0.489 e. The Balaban J connectivity index is 1.23. The fourth-order valence-electron chi connectivity index (χ4n) is 3.04. The Labute approximate surface area is 205 Å². The van der Waals surface area contributed by atoms with E-state index in [1.165, 1.54) is 11.3 Å². The van der Waals surface area contributed by atoms with Crippen molar-refractivity contribution >= 4 is 45.6 Å². The molecule has 0 aliphatic heterocycles. The van der Waals surface area contributed by atoms with Crippen molar-refractivity contribution in [2.45, 2.75) is 13.0 Å². The number of anilines is 1. The predicted molar refractivity (Wildman–Crippen MR) is 133 cm³/mol. The van der Waals surface area contributed by atoms with Gasteiger partial charge in [-0.2, -0.15) is 0 Å². The number of nitrogens with one attached hydrogen (secondary N) is 1. The molecule has 0 aliphatic carbocycles. The van der Waals surface area contributed by atoms with Gasteiger partial charge in [-0.3, -0.25) is 10.1 Å². The van der Waals surface area contributed by atoms with Crippen molar-refractivity contribution in [3.8, 4) is 11.5 Å². The van der Waals surface area contributed by atoms with Gasteiger partial charge in [0, 0.05) is 27.5 Å². The highest BCUT2D eigenvalue weighted by atomic mass is 35.5. The summed E-state index contributed by atoms with van der Waals surface area (Å²) in [6.07, 6.45) is 2.35. The largest absolute Gasteiger partial charge is 0.489 e. The van der Waals surface area contributed by atoms with Gasteiger partial charge in [0.2, 0.25) is 0 Å². The second-order valence-electron chi connectivity index (χ2n) is 7.17. The molecule has 0 saturated carbocycles. The highest BCUT2D eigenvalue weighted by molar-refractivity contribution is 7.15. The summed E-state index contributed by atoms with van der Waals surface area (Å²) >= 11 is 13.5.